The van der Waals surface area contributed by atoms with E-state index in [1.165, 1.54) is 12.8 Å². The van der Waals surface area contributed by atoms with Crippen molar-refractivity contribution < 1.29 is 9.53 Å². The predicted octanol–water partition coefficient (Wildman–Crippen LogP) is 5.10. The van der Waals surface area contributed by atoms with Crippen molar-refractivity contribution in [1.29, 1.82) is 0 Å². The third kappa shape index (κ3) is 3.63. The summed E-state index contributed by atoms with van der Waals surface area (Å²) in [6.07, 6.45) is 4.67. The standard InChI is InChI=1S/C17H23BrO2/c1-11(2)15-6-4-12(3)8-17(15)20-16-7-5-14(18)9-13(16)10-19/h5,7,9-12,15,17H,4,6,8H2,1-3H3. The minimum atomic E-state index is 0.221. The molecule has 2 rings (SSSR count). The molecule has 3 heteroatoms. The summed E-state index contributed by atoms with van der Waals surface area (Å²) in [5.74, 6) is 2.61. The molecule has 2 nitrogen and oxygen atoms in total. The summed E-state index contributed by atoms with van der Waals surface area (Å²) in [4.78, 5) is 11.2. The molecule has 0 aliphatic heterocycles. The van der Waals surface area contributed by atoms with Gasteiger partial charge in [-0.2, -0.15) is 0 Å². The van der Waals surface area contributed by atoms with Gasteiger partial charge in [0.2, 0.25) is 0 Å². The normalized spacial score (nSPS) is 26.6. The molecule has 0 N–H and O–H groups in total. The zero-order chi connectivity index (χ0) is 14.7. The van der Waals surface area contributed by atoms with E-state index in [2.05, 4.69) is 36.7 Å². The molecule has 0 bridgehead atoms. The molecule has 0 aromatic heterocycles. The molecule has 1 saturated carbocycles. The Kier molecular flexibility index (Phi) is 5.25. The first-order valence-corrected chi connectivity index (χ1v) is 8.22. The maximum atomic E-state index is 11.2. The SMILES string of the molecule is CC1CCC(C(C)C)C(Oc2ccc(Br)cc2C=O)C1. The van der Waals surface area contributed by atoms with Gasteiger partial charge in [0.15, 0.2) is 6.29 Å². The van der Waals surface area contributed by atoms with Crippen LogP contribution in [-0.2, 0) is 0 Å². The second-order valence-corrected chi connectivity index (χ2v) is 7.20. The number of benzene rings is 1. The minimum absolute atomic E-state index is 0.221. The number of carbonyl (C=O) groups excluding carboxylic acids is 1. The Balaban J connectivity index is 2.19. The Labute approximate surface area is 130 Å². The van der Waals surface area contributed by atoms with Crippen LogP contribution in [0, 0.1) is 17.8 Å². The van der Waals surface area contributed by atoms with E-state index in [1.807, 2.05) is 18.2 Å². The Bertz CT molecular complexity index is 470. The smallest absolute Gasteiger partial charge is 0.153 e. The molecule has 1 aliphatic rings. The fraction of sp³-hybridized carbons (Fsp3) is 0.588. The topological polar surface area (TPSA) is 26.3 Å². The maximum Gasteiger partial charge on any atom is 0.153 e. The molecule has 1 aromatic rings. The monoisotopic (exact) mass is 338 g/mol. The highest BCUT2D eigenvalue weighted by Gasteiger charge is 2.32. The lowest BCUT2D eigenvalue weighted by atomic mass is 9.75. The van der Waals surface area contributed by atoms with E-state index in [4.69, 9.17) is 4.74 Å². The highest BCUT2D eigenvalue weighted by atomic mass is 79.9. The molecular formula is C17H23BrO2. The van der Waals surface area contributed by atoms with E-state index in [0.29, 0.717) is 29.1 Å². The first kappa shape index (κ1) is 15.6. The lowest BCUT2D eigenvalue weighted by Crippen LogP contribution is -2.36. The zero-order valence-corrected chi connectivity index (χ0v) is 14.0. The average Bonchev–Trinajstić information content (AvgIpc) is 2.40. The summed E-state index contributed by atoms with van der Waals surface area (Å²) in [7, 11) is 0. The number of carbonyl (C=O) groups is 1. The van der Waals surface area contributed by atoms with E-state index in [1.54, 1.807) is 0 Å². The average molecular weight is 339 g/mol. The molecule has 0 amide bonds. The van der Waals surface area contributed by atoms with Crippen LogP contribution in [0.15, 0.2) is 22.7 Å². The number of aldehydes is 1. The van der Waals surface area contributed by atoms with Crippen molar-refractivity contribution in [3.63, 3.8) is 0 Å². The van der Waals surface area contributed by atoms with Gasteiger partial charge in [0.05, 0.1) is 5.56 Å². The summed E-state index contributed by atoms with van der Waals surface area (Å²) >= 11 is 3.39. The van der Waals surface area contributed by atoms with Gasteiger partial charge in [0, 0.05) is 4.47 Å². The summed E-state index contributed by atoms with van der Waals surface area (Å²) in [6, 6.07) is 5.64. The first-order valence-electron chi connectivity index (χ1n) is 7.42. The van der Waals surface area contributed by atoms with Crippen molar-refractivity contribution in [2.24, 2.45) is 17.8 Å². The molecule has 1 aromatic carbocycles. The van der Waals surface area contributed by atoms with Gasteiger partial charge in [-0.15, -0.1) is 0 Å². The predicted molar refractivity (Wildman–Crippen MR) is 85.3 cm³/mol. The minimum Gasteiger partial charge on any atom is -0.489 e. The van der Waals surface area contributed by atoms with Crippen LogP contribution in [0.2, 0.25) is 0 Å². The molecule has 0 radical (unpaired) electrons. The molecule has 0 saturated heterocycles. The fourth-order valence-electron chi connectivity index (χ4n) is 3.13. The van der Waals surface area contributed by atoms with Crippen molar-refractivity contribution in [2.45, 2.75) is 46.1 Å². The van der Waals surface area contributed by atoms with E-state index >= 15 is 0 Å². The number of hydrogen-bond donors (Lipinski definition) is 0. The van der Waals surface area contributed by atoms with Crippen LogP contribution in [-0.4, -0.2) is 12.4 Å². The van der Waals surface area contributed by atoms with Gasteiger partial charge in [-0.05, 0) is 48.8 Å². The third-order valence-electron chi connectivity index (χ3n) is 4.34. The van der Waals surface area contributed by atoms with Crippen LogP contribution in [0.4, 0.5) is 0 Å². The number of rotatable bonds is 4. The Morgan fingerprint density at radius 1 is 1.35 bits per heavy atom. The van der Waals surface area contributed by atoms with E-state index in [0.717, 1.165) is 17.2 Å². The van der Waals surface area contributed by atoms with Gasteiger partial charge in [-0.3, -0.25) is 4.79 Å². The van der Waals surface area contributed by atoms with Crippen molar-refractivity contribution in [3.8, 4) is 5.75 Å². The van der Waals surface area contributed by atoms with Crippen molar-refractivity contribution >= 4 is 22.2 Å². The Morgan fingerprint density at radius 2 is 2.10 bits per heavy atom. The molecule has 0 heterocycles. The number of ether oxygens (including phenoxy) is 1. The van der Waals surface area contributed by atoms with Gasteiger partial charge in [0.1, 0.15) is 11.9 Å². The van der Waals surface area contributed by atoms with E-state index in [-0.39, 0.29) is 6.10 Å². The van der Waals surface area contributed by atoms with Gasteiger partial charge >= 0.3 is 0 Å². The van der Waals surface area contributed by atoms with E-state index in [9.17, 15) is 4.79 Å². The van der Waals surface area contributed by atoms with Crippen LogP contribution in [0.25, 0.3) is 0 Å². The molecule has 1 fully saturated rings. The zero-order valence-electron chi connectivity index (χ0n) is 12.4. The van der Waals surface area contributed by atoms with Crippen molar-refractivity contribution in [1.82, 2.24) is 0 Å². The van der Waals surface area contributed by atoms with Gasteiger partial charge < -0.3 is 4.74 Å². The van der Waals surface area contributed by atoms with Gasteiger partial charge in [-0.25, -0.2) is 0 Å². The van der Waals surface area contributed by atoms with Crippen molar-refractivity contribution in [2.75, 3.05) is 0 Å². The van der Waals surface area contributed by atoms with Gasteiger partial charge in [0.25, 0.3) is 0 Å². The van der Waals surface area contributed by atoms with Crippen LogP contribution < -0.4 is 4.74 Å². The largest absolute Gasteiger partial charge is 0.489 e. The molecule has 1 aliphatic carbocycles. The lowest BCUT2D eigenvalue weighted by molar-refractivity contribution is 0.0454. The van der Waals surface area contributed by atoms with Crippen LogP contribution in [0.3, 0.4) is 0 Å². The summed E-state index contributed by atoms with van der Waals surface area (Å²) < 4.78 is 7.13. The molecule has 3 unspecified atom stereocenters. The molecule has 0 spiro atoms. The highest BCUT2D eigenvalue weighted by molar-refractivity contribution is 9.10. The fourth-order valence-corrected chi connectivity index (χ4v) is 3.51. The maximum absolute atomic E-state index is 11.2. The molecule has 3 atom stereocenters. The van der Waals surface area contributed by atoms with Gasteiger partial charge in [-0.1, -0.05) is 43.1 Å². The second-order valence-electron chi connectivity index (χ2n) is 6.28. The quantitative estimate of drug-likeness (QED) is 0.713. The molecule has 20 heavy (non-hydrogen) atoms. The first-order chi connectivity index (χ1) is 9.51. The lowest BCUT2D eigenvalue weighted by Gasteiger charge is -2.37. The number of halogens is 1. The molecule has 110 valence electrons. The molecular weight excluding hydrogens is 316 g/mol. The van der Waals surface area contributed by atoms with E-state index < -0.39 is 0 Å². The van der Waals surface area contributed by atoms with Crippen molar-refractivity contribution in [3.05, 3.63) is 28.2 Å². The number of hydrogen-bond acceptors (Lipinski definition) is 2. The summed E-state index contributed by atoms with van der Waals surface area (Å²) in [5.41, 5.74) is 0.625. The van der Waals surface area contributed by atoms with Crippen LogP contribution in [0.1, 0.15) is 50.4 Å². The Hall–Kier alpha value is -0.830. The Morgan fingerprint density at radius 3 is 2.75 bits per heavy atom. The highest BCUT2D eigenvalue weighted by Crippen LogP contribution is 2.36. The van der Waals surface area contributed by atoms with Crippen LogP contribution in [0.5, 0.6) is 5.75 Å². The third-order valence-corrected chi connectivity index (χ3v) is 4.83. The summed E-state index contributed by atoms with van der Waals surface area (Å²) in [6.45, 7) is 6.81. The second kappa shape index (κ2) is 6.75. The van der Waals surface area contributed by atoms with Crippen LogP contribution >= 0.6 is 15.9 Å². The summed E-state index contributed by atoms with van der Waals surface area (Å²) in [5, 5.41) is 0.